The first-order valence-electron chi connectivity index (χ1n) is 9.15. The van der Waals surface area contributed by atoms with Crippen LogP contribution in [-0.4, -0.2) is 39.9 Å². The van der Waals surface area contributed by atoms with Crippen LogP contribution in [0.25, 0.3) is 0 Å². The standard InChI is InChI=1S/C22H27N3O3/c1-4-15-28-21-16-18(11-12-20(21)27-3)17-24-22(26)23-13-8-14-25(2)19-9-6-5-7-10-19/h1,5-7,9-12,16H,8,13-15,17H2,2-3H3,(H2,23,24,26). The molecule has 0 fully saturated rings. The van der Waals surface area contributed by atoms with E-state index in [4.69, 9.17) is 15.9 Å². The molecule has 0 heterocycles. The molecule has 0 unspecified atom stereocenters. The number of ether oxygens (including phenoxy) is 2. The molecule has 2 aromatic rings. The maximum atomic E-state index is 12.0. The maximum Gasteiger partial charge on any atom is 0.315 e. The third kappa shape index (κ3) is 6.76. The summed E-state index contributed by atoms with van der Waals surface area (Å²) in [6.45, 7) is 2.00. The van der Waals surface area contributed by atoms with Gasteiger partial charge in [-0.2, -0.15) is 0 Å². The molecule has 2 rings (SSSR count). The Morgan fingerprint density at radius 2 is 1.93 bits per heavy atom. The van der Waals surface area contributed by atoms with Crippen molar-refractivity contribution in [2.24, 2.45) is 0 Å². The Morgan fingerprint density at radius 3 is 2.64 bits per heavy atom. The highest BCUT2D eigenvalue weighted by Crippen LogP contribution is 2.27. The van der Waals surface area contributed by atoms with Gasteiger partial charge in [0.15, 0.2) is 11.5 Å². The van der Waals surface area contributed by atoms with E-state index in [-0.39, 0.29) is 12.6 Å². The number of terminal acetylenes is 1. The summed E-state index contributed by atoms with van der Waals surface area (Å²) < 4.78 is 10.7. The molecule has 2 N–H and O–H groups in total. The van der Waals surface area contributed by atoms with Gasteiger partial charge in [0.1, 0.15) is 6.61 Å². The third-order valence-electron chi connectivity index (χ3n) is 4.14. The van der Waals surface area contributed by atoms with E-state index in [1.54, 1.807) is 13.2 Å². The molecule has 0 radical (unpaired) electrons. The Kier molecular flexibility index (Phi) is 8.54. The minimum Gasteiger partial charge on any atom is -0.493 e. The van der Waals surface area contributed by atoms with E-state index in [0.29, 0.717) is 24.6 Å². The van der Waals surface area contributed by atoms with Crippen molar-refractivity contribution in [2.45, 2.75) is 13.0 Å². The van der Waals surface area contributed by atoms with E-state index < -0.39 is 0 Å². The number of hydrogen-bond donors (Lipinski definition) is 2. The Labute approximate surface area is 166 Å². The average molecular weight is 381 g/mol. The highest BCUT2D eigenvalue weighted by molar-refractivity contribution is 5.73. The fourth-order valence-electron chi connectivity index (χ4n) is 2.64. The van der Waals surface area contributed by atoms with E-state index in [9.17, 15) is 4.79 Å². The smallest absolute Gasteiger partial charge is 0.315 e. The quantitative estimate of drug-likeness (QED) is 0.491. The molecule has 0 bridgehead atoms. The number of carbonyl (C=O) groups is 1. The Bertz CT molecular complexity index is 787. The second kappa shape index (κ2) is 11.4. The van der Waals surface area contributed by atoms with Crippen LogP contribution >= 0.6 is 0 Å². The predicted octanol–water partition coefficient (Wildman–Crippen LogP) is 3.03. The molecule has 28 heavy (non-hydrogen) atoms. The Morgan fingerprint density at radius 1 is 1.14 bits per heavy atom. The number of urea groups is 1. The van der Waals surface area contributed by atoms with Gasteiger partial charge in [-0.15, -0.1) is 6.42 Å². The van der Waals surface area contributed by atoms with E-state index in [1.807, 2.05) is 37.4 Å². The van der Waals surface area contributed by atoms with Crippen LogP contribution in [0.3, 0.4) is 0 Å². The van der Waals surface area contributed by atoms with Crippen LogP contribution in [0.1, 0.15) is 12.0 Å². The van der Waals surface area contributed by atoms with Crippen molar-refractivity contribution in [3.63, 3.8) is 0 Å². The Balaban J connectivity index is 1.71. The molecule has 2 aromatic carbocycles. The second-order valence-electron chi connectivity index (χ2n) is 6.20. The van der Waals surface area contributed by atoms with Crippen molar-refractivity contribution in [1.29, 1.82) is 0 Å². The lowest BCUT2D eigenvalue weighted by atomic mass is 10.2. The van der Waals surface area contributed by atoms with Crippen molar-refractivity contribution in [2.75, 3.05) is 38.8 Å². The van der Waals surface area contributed by atoms with E-state index in [1.165, 1.54) is 0 Å². The maximum absolute atomic E-state index is 12.0. The van der Waals surface area contributed by atoms with Crippen LogP contribution in [0.5, 0.6) is 11.5 Å². The van der Waals surface area contributed by atoms with Crippen LogP contribution in [0.2, 0.25) is 0 Å². The van der Waals surface area contributed by atoms with Crippen LogP contribution < -0.4 is 25.0 Å². The lowest BCUT2D eigenvalue weighted by molar-refractivity contribution is 0.240. The lowest BCUT2D eigenvalue weighted by Crippen LogP contribution is -2.36. The summed E-state index contributed by atoms with van der Waals surface area (Å²) in [5.41, 5.74) is 2.06. The topological polar surface area (TPSA) is 62.8 Å². The molecule has 0 aromatic heterocycles. The summed E-state index contributed by atoms with van der Waals surface area (Å²) in [5.74, 6) is 3.59. The van der Waals surface area contributed by atoms with E-state index in [2.05, 4.69) is 33.6 Å². The number of para-hydroxylation sites is 1. The number of hydrogen-bond acceptors (Lipinski definition) is 4. The lowest BCUT2D eigenvalue weighted by Gasteiger charge is -2.19. The molecule has 6 nitrogen and oxygen atoms in total. The van der Waals surface area contributed by atoms with Crippen molar-refractivity contribution < 1.29 is 14.3 Å². The van der Waals surface area contributed by atoms with Gasteiger partial charge in [-0.05, 0) is 36.2 Å². The number of carbonyl (C=O) groups excluding carboxylic acids is 1. The van der Waals surface area contributed by atoms with E-state index >= 15 is 0 Å². The van der Waals surface area contributed by atoms with Crippen molar-refractivity contribution >= 4 is 11.7 Å². The monoisotopic (exact) mass is 381 g/mol. The molecular formula is C22H27N3O3. The number of amides is 2. The predicted molar refractivity (Wildman–Crippen MR) is 112 cm³/mol. The molecule has 0 aliphatic carbocycles. The second-order valence-corrected chi connectivity index (χ2v) is 6.20. The van der Waals surface area contributed by atoms with Crippen LogP contribution in [-0.2, 0) is 6.54 Å². The van der Waals surface area contributed by atoms with Gasteiger partial charge >= 0.3 is 6.03 Å². The van der Waals surface area contributed by atoms with Gasteiger partial charge in [0.2, 0.25) is 0 Å². The van der Waals surface area contributed by atoms with Gasteiger partial charge in [-0.1, -0.05) is 30.2 Å². The molecule has 6 heteroatoms. The largest absolute Gasteiger partial charge is 0.493 e. The first-order chi connectivity index (χ1) is 13.6. The molecule has 0 aliphatic heterocycles. The number of benzene rings is 2. The number of nitrogens with zero attached hydrogens (tertiary/aromatic N) is 1. The minimum atomic E-state index is -0.204. The van der Waals surface area contributed by atoms with Crippen molar-refractivity contribution in [3.8, 4) is 23.8 Å². The van der Waals surface area contributed by atoms with Crippen LogP contribution in [0.15, 0.2) is 48.5 Å². The third-order valence-corrected chi connectivity index (χ3v) is 4.14. The van der Waals surface area contributed by atoms with Gasteiger partial charge in [-0.3, -0.25) is 0 Å². The summed E-state index contributed by atoms with van der Waals surface area (Å²) in [4.78, 5) is 14.2. The Hall–Kier alpha value is -3.33. The molecule has 2 amide bonds. The van der Waals surface area contributed by atoms with Crippen molar-refractivity contribution in [1.82, 2.24) is 10.6 Å². The van der Waals surface area contributed by atoms with Gasteiger partial charge in [0.25, 0.3) is 0 Å². The SMILES string of the molecule is C#CCOc1cc(CNC(=O)NCCCN(C)c2ccccc2)ccc1OC. The summed E-state index contributed by atoms with van der Waals surface area (Å²) in [6, 6.07) is 15.4. The highest BCUT2D eigenvalue weighted by Gasteiger charge is 2.07. The number of anilines is 1. The van der Waals surface area contributed by atoms with Gasteiger partial charge in [-0.25, -0.2) is 4.79 Å². The van der Waals surface area contributed by atoms with E-state index in [0.717, 1.165) is 24.2 Å². The van der Waals surface area contributed by atoms with Crippen LogP contribution in [0.4, 0.5) is 10.5 Å². The number of rotatable bonds is 10. The highest BCUT2D eigenvalue weighted by atomic mass is 16.5. The molecule has 0 aliphatic rings. The average Bonchev–Trinajstić information content (AvgIpc) is 2.74. The molecule has 0 atom stereocenters. The number of methoxy groups -OCH3 is 1. The van der Waals surface area contributed by atoms with Crippen LogP contribution in [0, 0.1) is 12.3 Å². The van der Waals surface area contributed by atoms with Crippen molar-refractivity contribution in [3.05, 3.63) is 54.1 Å². The first kappa shape index (κ1) is 21.0. The summed E-state index contributed by atoms with van der Waals surface area (Å²) >= 11 is 0. The minimum absolute atomic E-state index is 0.158. The summed E-state index contributed by atoms with van der Waals surface area (Å²) in [7, 11) is 3.61. The molecular weight excluding hydrogens is 354 g/mol. The van der Waals surface area contributed by atoms with Gasteiger partial charge < -0.3 is 25.0 Å². The summed E-state index contributed by atoms with van der Waals surface area (Å²) in [6.07, 6.45) is 6.08. The zero-order valence-electron chi connectivity index (χ0n) is 16.4. The van der Waals surface area contributed by atoms with Gasteiger partial charge in [0.05, 0.1) is 7.11 Å². The molecule has 0 saturated heterocycles. The summed E-state index contributed by atoms with van der Waals surface area (Å²) in [5, 5.41) is 5.71. The van der Waals surface area contributed by atoms with Gasteiger partial charge in [0, 0.05) is 32.4 Å². The zero-order valence-corrected chi connectivity index (χ0v) is 16.4. The fourth-order valence-corrected chi connectivity index (χ4v) is 2.64. The molecule has 0 spiro atoms. The molecule has 0 saturated carbocycles. The normalized spacial score (nSPS) is 9.89. The fraction of sp³-hybridized carbons (Fsp3) is 0.318. The molecule has 148 valence electrons. The zero-order chi connectivity index (χ0) is 20.2. The first-order valence-corrected chi connectivity index (χ1v) is 9.15. The number of nitrogens with one attached hydrogen (secondary N) is 2.